The Morgan fingerprint density at radius 2 is 1.52 bits per heavy atom. The molecule has 0 unspecified atom stereocenters. The van der Waals surface area contributed by atoms with Crippen molar-refractivity contribution in [2.45, 2.75) is 6.92 Å². The lowest BCUT2D eigenvalue weighted by atomic mass is 10.0. The summed E-state index contributed by atoms with van der Waals surface area (Å²) >= 11 is 0. The molecule has 0 saturated heterocycles. The SMILES string of the molecule is Cc1ccccc1C1=NN(c2ccccc2)C(=O)C1=Nc1ccc(N(C)C)cc1. The summed E-state index contributed by atoms with van der Waals surface area (Å²) in [6.45, 7) is 2.01. The molecule has 0 spiro atoms. The van der Waals surface area contributed by atoms with Gasteiger partial charge >= 0.3 is 0 Å². The molecule has 3 aromatic carbocycles. The number of carbonyl (C=O) groups excluding carboxylic acids is 1. The third-order valence-corrected chi connectivity index (χ3v) is 4.83. The number of hydrogen-bond acceptors (Lipinski definition) is 4. The maximum Gasteiger partial charge on any atom is 0.299 e. The molecule has 1 amide bonds. The summed E-state index contributed by atoms with van der Waals surface area (Å²) in [6.07, 6.45) is 0. The van der Waals surface area contributed by atoms with Crippen LogP contribution < -0.4 is 9.91 Å². The minimum Gasteiger partial charge on any atom is -0.378 e. The van der Waals surface area contributed by atoms with Crippen molar-refractivity contribution in [2.75, 3.05) is 24.0 Å². The molecule has 0 aliphatic carbocycles. The van der Waals surface area contributed by atoms with E-state index < -0.39 is 0 Å². The van der Waals surface area contributed by atoms with E-state index in [0.717, 1.165) is 28.2 Å². The van der Waals surface area contributed by atoms with Gasteiger partial charge in [0.15, 0.2) is 5.71 Å². The number of hydrogen-bond donors (Lipinski definition) is 0. The number of aliphatic imine (C=N–C) groups is 1. The average molecular weight is 382 g/mol. The molecule has 0 atom stereocenters. The lowest BCUT2D eigenvalue weighted by molar-refractivity contribution is -0.112. The van der Waals surface area contributed by atoms with Crippen LogP contribution in [0.5, 0.6) is 0 Å². The topological polar surface area (TPSA) is 48.3 Å². The number of para-hydroxylation sites is 1. The quantitative estimate of drug-likeness (QED) is 0.663. The number of benzene rings is 3. The van der Waals surface area contributed by atoms with Gasteiger partial charge in [-0.1, -0.05) is 42.5 Å². The summed E-state index contributed by atoms with van der Waals surface area (Å²) in [5.41, 5.74) is 5.40. The number of aryl methyl sites for hydroxylation is 1. The highest BCUT2D eigenvalue weighted by molar-refractivity contribution is 6.74. The van der Waals surface area contributed by atoms with Gasteiger partial charge in [0.05, 0.1) is 11.4 Å². The second-order valence-electron chi connectivity index (χ2n) is 7.09. The van der Waals surface area contributed by atoms with E-state index >= 15 is 0 Å². The molecule has 1 aliphatic rings. The van der Waals surface area contributed by atoms with Crippen molar-refractivity contribution in [3.63, 3.8) is 0 Å². The van der Waals surface area contributed by atoms with E-state index in [2.05, 4.69) is 5.10 Å². The van der Waals surface area contributed by atoms with Crippen LogP contribution in [-0.2, 0) is 4.79 Å². The largest absolute Gasteiger partial charge is 0.378 e. The second kappa shape index (κ2) is 7.72. The van der Waals surface area contributed by atoms with Crippen molar-refractivity contribution in [1.82, 2.24) is 0 Å². The molecular weight excluding hydrogens is 360 g/mol. The summed E-state index contributed by atoms with van der Waals surface area (Å²) in [5, 5.41) is 6.08. The summed E-state index contributed by atoms with van der Waals surface area (Å²) < 4.78 is 0. The smallest absolute Gasteiger partial charge is 0.299 e. The van der Waals surface area contributed by atoms with Crippen LogP contribution in [0.2, 0.25) is 0 Å². The molecule has 29 heavy (non-hydrogen) atoms. The summed E-state index contributed by atoms with van der Waals surface area (Å²) in [5.74, 6) is -0.230. The van der Waals surface area contributed by atoms with E-state index in [4.69, 9.17) is 4.99 Å². The molecule has 0 radical (unpaired) electrons. The third-order valence-electron chi connectivity index (χ3n) is 4.83. The molecule has 3 aromatic rings. The first-order chi connectivity index (χ1) is 14.0. The van der Waals surface area contributed by atoms with Crippen molar-refractivity contribution in [3.8, 4) is 0 Å². The van der Waals surface area contributed by atoms with Gasteiger partial charge in [-0.3, -0.25) is 4.79 Å². The van der Waals surface area contributed by atoms with Gasteiger partial charge in [0.2, 0.25) is 0 Å². The van der Waals surface area contributed by atoms with Gasteiger partial charge in [-0.05, 0) is 48.9 Å². The van der Waals surface area contributed by atoms with Crippen LogP contribution >= 0.6 is 0 Å². The predicted octanol–water partition coefficient (Wildman–Crippen LogP) is 4.58. The normalized spacial score (nSPS) is 15.0. The first-order valence-corrected chi connectivity index (χ1v) is 9.45. The van der Waals surface area contributed by atoms with Gasteiger partial charge in [-0.15, -0.1) is 0 Å². The molecule has 5 heteroatoms. The molecule has 5 nitrogen and oxygen atoms in total. The lowest BCUT2D eigenvalue weighted by Crippen LogP contribution is -2.28. The molecule has 0 saturated carbocycles. The Labute approximate surface area is 170 Å². The zero-order valence-electron chi connectivity index (χ0n) is 16.7. The van der Waals surface area contributed by atoms with Crippen LogP contribution in [0.3, 0.4) is 0 Å². The zero-order valence-corrected chi connectivity index (χ0v) is 16.7. The summed E-state index contributed by atoms with van der Waals surface area (Å²) in [4.78, 5) is 20.0. The van der Waals surface area contributed by atoms with Crippen molar-refractivity contribution >= 4 is 34.4 Å². The maximum absolute atomic E-state index is 13.3. The van der Waals surface area contributed by atoms with E-state index in [1.807, 2.05) is 105 Å². The van der Waals surface area contributed by atoms with Gasteiger partial charge in [-0.2, -0.15) is 10.1 Å². The molecule has 0 bridgehead atoms. The Morgan fingerprint density at radius 3 is 2.17 bits per heavy atom. The Bertz CT molecular complexity index is 1100. The standard InChI is InChI=1S/C24H22N4O/c1-17-9-7-8-12-21(17)22-23(25-18-13-15-19(16-14-18)27(2)3)24(29)28(26-22)20-10-5-4-6-11-20/h4-16H,1-3H3. The van der Waals surface area contributed by atoms with Crippen LogP contribution in [0.25, 0.3) is 0 Å². The first-order valence-electron chi connectivity index (χ1n) is 9.45. The molecule has 0 fully saturated rings. The van der Waals surface area contributed by atoms with Gasteiger partial charge in [0, 0.05) is 25.3 Å². The number of rotatable bonds is 4. The van der Waals surface area contributed by atoms with E-state index in [0.29, 0.717) is 11.4 Å². The van der Waals surface area contributed by atoms with Crippen LogP contribution in [-0.4, -0.2) is 31.4 Å². The lowest BCUT2D eigenvalue weighted by Gasteiger charge is -2.12. The molecule has 144 valence electrons. The molecule has 0 aromatic heterocycles. The highest BCUT2D eigenvalue weighted by Gasteiger charge is 2.34. The Balaban J connectivity index is 1.81. The summed E-state index contributed by atoms with van der Waals surface area (Å²) in [7, 11) is 3.98. The number of amides is 1. The van der Waals surface area contributed by atoms with Crippen molar-refractivity contribution in [1.29, 1.82) is 0 Å². The number of hydrazone groups is 1. The first kappa shape index (κ1) is 18.6. The number of carbonyl (C=O) groups is 1. The zero-order chi connectivity index (χ0) is 20.4. The van der Waals surface area contributed by atoms with E-state index in [1.54, 1.807) is 0 Å². The molecule has 4 rings (SSSR count). The van der Waals surface area contributed by atoms with Crippen LogP contribution in [0, 0.1) is 6.92 Å². The average Bonchev–Trinajstić information content (AvgIpc) is 3.05. The van der Waals surface area contributed by atoms with Crippen LogP contribution in [0.4, 0.5) is 17.1 Å². The van der Waals surface area contributed by atoms with E-state index in [1.165, 1.54) is 5.01 Å². The van der Waals surface area contributed by atoms with E-state index in [-0.39, 0.29) is 5.91 Å². The predicted molar refractivity (Wildman–Crippen MR) is 120 cm³/mol. The Morgan fingerprint density at radius 1 is 0.862 bits per heavy atom. The number of anilines is 2. The van der Waals surface area contributed by atoms with Gasteiger partial charge in [-0.25, -0.2) is 4.99 Å². The monoisotopic (exact) mass is 382 g/mol. The Kier molecular flexibility index (Phi) is 4.96. The number of nitrogens with zero attached hydrogens (tertiary/aromatic N) is 4. The fraction of sp³-hybridized carbons (Fsp3) is 0.125. The Hall–Kier alpha value is -3.73. The fourth-order valence-corrected chi connectivity index (χ4v) is 3.21. The van der Waals surface area contributed by atoms with E-state index in [9.17, 15) is 4.79 Å². The van der Waals surface area contributed by atoms with Gasteiger partial charge < -0.3 is 4.90 Å². The minimum atomic E-state index is -0.230. The van der Waals surface area contributed by atoms with Gasteiger partial charge in [0.1, 0.15) is 5.71 Å². The third kappa shape index (κ3) is 3.67. The molecule has 1 heterocycles. The highest BCUT2D eigenvalue weighted by Crippen LogP contribution is 2.25. The van der Waals surface area contributed by atoms with Crippen molar-refractivity contribution in [2.24, 2.45) is 10.1 Å². The van der Waals surface area contributed by atoms with Gasteiger partial charge in [0.25, 0.3) is 5.91 Å². The fourth-order valence-electron chi connectivity index (χ4n) is 3.21. The highest BCUT2D eigenvalue weighted by atomic mass is 16.2. The maximum atomic E-state index is 13.3. The van der Waals surface area contributed by atoms with Crippen LogP contribution in [0.15, 0.2) is 89.0 Å². The van der Waals surface area contributed by atoms with Crippen molar-refractivity contribution < 1.29 is 4.79 Å². The van der Waals surface area contributed by atoms with Crippen molar-refractivity contribution in [3.05, 3.63) is 90.0 Å². The summed E-state index contributed by atoms with van der Waals surface area (Å²) in [6, 6.07) is 25.1. The second-order valence-corrected chi connectivity index (χ2v) is 7.09. The van der Waals surface area contributed by atoms with Crippen LogP contribution in [0.1, 0.15) is 11.1 Å². The molecular formula is C24H22N4O. The molecule has 1 aliphatic heterocycles. The molecule has 0 N–H and O–H groups in total. The minimum absolute atomic E-state index is 0.230.